The molecule has 0 bridgehead atoms. The largest absolute Gasteiger partial charge is 0.480 e. The van der Waals surface area contributed by atoms with Crippen LogP contribution in [0.5, 0.6) is 0 Å². The summed E-state index contributed by atoms with van der Waals surface area (Å²) in [4.78, 5) is 23.4. The van der Waals surface area contributed by atoms with Crippen molar-refractivity contribution in [2.24, 2.45) is 46.3 Å². The van der Waals surface area contributed by atoms with E-state index in [1.54, 1.807) is 0 Å². The molecule has 7 nitrogen and oxygen atoms in total. The van der Waals surface area contributed by atoms with Crippen LogP contribution in [0, 0.1) is 46.3 Å². The highest BCUT2D eigenvalue weighted by Gasteiger charge is 2.63. The molecule has 0 saturated heterocycles. The quantitative estimate of drug-likeness (QED) is 0.382. The summed E-state index contributed by atoms with van der Waals surface area (Å²) in [6.45, 7) is 6.27. The van der Waals surface area contributed by atoms with Crippen LogP contribution >= 0.6 is 0 Å². The van der Waals surface area contributed by atoms with Crippen molar-refractivity contribution in [1.29, 1.82) is 0 Å². The van der Waals surface area contributed by atoms with Gasteiger partial charge in [-0.1, -0.05) is 20.8 Å². The fourth-order valence-corrected chi connectivity index (χ4v) is 9.17. The number of carbonyl (C=O) groups excluding carboxylic acids is 1. The fourth-order valence-electron chi connectivity index (χ4n) is 9.17. The average Bonchev–Trinajstić information content (AvgIpc) is 3.15. The zero-order chi connectivity index (χ0) is 24.8. The molecule has 7 heteroatoms. The maximum Gasteiger partial charge on any atom is 0.328 e. The Labute approximate surface area is 203 Å². The summed E-state index contributed by atoms with van der Waals surface area (Å²) in [7, 11) is 0. The minimum atomic E-state index is -1.26. The zero-order valence-electron chi connectivity index (χ0n) is 21.1. The summed E-state index contributed by atoms with van der Waals surface area (Å²) < 4.78 is 0. The highest BCUT2D eigenvalue weighted by molar-refractivity contribution is 5.83. The number of amides is 1. The third kappa shape index (κ3) is 4.30. The van der Waals surface area contributed by atoms with Crippen LogP contribution in [0.15, 0.2) is 0 Å². The Morgan fingerprint density at radius 3 is 2.44 bits per heavy atom. The van der Waals surface area contributed by atoms with E-state index in [4.69, 9.17) is 10.2 Å². The normalized spacial score (nSPS) is 45.4. The number of carboxylic acids is 1. The van der Waals surface area contributed by atoms with Gasteiger partial charge in [0.1, 0.15) is 6.04 Å². The molecule has 4 rings (SSSR count). The maximum atomic E-state index is 12.3. The van der Waals surface area contributed by atoms with Gasteiger partial charge >= 0.3 is 5.97 Å². The Hall–Kier alpha value is -1.18. The summed E-state index contributed by atoms with van der Waals surface area (Å²) in [6.07, 6.45) is 8.66. The van der Waals surface area contributed by atoms with Gasteiger partial charge in [-0.05, 0) is 104 Å². The molecule has 4 saturated carbocycles. The molecule has 194 valence electrons. The summed E-state index contributed by atoms with van der Waals surface area (Å²) >= 11 is 0. The molecule has 34 heavy (non-hydrogen) atoms. The van der Waals surface area contributed by atoms with Crippen molar-refractivity contribution < 1.29 is 30.0 Å². The van der Waals surface area contributed by atoms with Crippen LogP contribution in [-0.4, -0.2) is 57.2 Å². The van der Waals surface area contributed by atoms with Crippen LogP contribution in [-0.2, 0) is 9.59 Å². The van der Waals surface area contributed by atoms with Crippen molar-refractivity contribution in [2.75, 3.05) is 6.61 Å². The van der Waals surface area contributed by atoms with Crippen molar-refractivity contribution >= 4 is 11.9 Å². The molecule has 0 radical (unpaired) electrons. The van der Waals surface area contributed by atoms with E-state index in [1.807, 2.05) is 0 Å². The molecular weight excluding hydrogens is 434 g/mol. The molecule has 0 heterocycles. The van der Waals surface area contributed by atoms with Crippen molar-refractivity contribution in [3.63, 3.8) is 0 Å². The molecular formula is C27H45NO6. The van der Waals surface area contributed by atoms with E-state index in [2.05, 4.69) is 26.1 Å². The first-order chi connectivity index (χ1) is 16.0. The highest BCUT2D eigenvalue weighted by Crippen LogP contribution is 2.68. The van der Waals surface area contributed by atoms with Crippen LogP contribution in [0.1, 0.15) is 85.0 Å². The number of fused-ring (bicyclic) bond motifs is 5. The Morgan fingerprint density at radius 1 is 1.03 bits per heavy atom. The molecule has 0 unspecified atom stereocenters. The van der Waals surface area contributed by atoms with Crippen molar-refractivity contribution in [2.45, 2.75) is 103 Å². The van der Waals surface area contributed by atoms with Gasteiger partial charge < -0.3 is 25.7 Å². The molecule has 0 aromatic rings. The number of aliphatic hydroxyl groups is 3. The molecule has 0 aromatic heterocycles. The number of nitrogens with one attached hydrogen (secondary N) is 1. The molecule has 0 aromatic carbocycles. The molecule has 4 fully saturated rings. The van der Waals surface area contributed by atoms with Gasteiger partial charge in [0.05, 0.1) is 18.8 Å². The molecule has 4 aliphatic rings. The Morgan fingerprint density at radius 2 is 1.76 bits per heavy atom. The van der Waals surface area contributed by atoms with E-state index in [1.165, 1.54) is 12.8 Å². The van der Waals surface area contributed by atoms with Crippen LogP contribution < -0.4 is 5.32 Å². The lowest BCUT2D eigenvalue weighted by Crippen LogP contribution is -2.58. The Bertz CT molecular complexity index is 774. The standard InChI is InChI=1S/C27H45NO6/c1-15(4-9-24(32)28-22(14-29)25(33)34)19-7-8-20-18-6-5-16-12-17(30)10-11-26(16,2)21(18)13-23(31)27(19,20)3/h15-23,29-31H,4-14H2,1-3H3,(H,28,32)(H,33,34)/t15-,16-,17-,18+,19-,20+,21+,22+,23+,26+,27-/m1/s1. The third-order valence-electron chi connectivity index (χ3n) is 11.1. The number of aliphatic hydroxyl groups excluding tert-OH is 3. The summed E-state index contributed by atoms with van der Waals surface area (Å²) in [5.74, 6) is 1.24. The van der Waals surface area contributed by atoms with Crippen molar-refractivity contribution in [1.82, 2.24) is 5.32 Å². The van der Waals surface area contributed by atoms with Gasteiger partial charge in [0, 0.05) is 6.42 Å². The highest BCUT2D eigenvalue weighted by atomic mass is 16.4. The van der Waals surface area contributed by atoms with Gasteiger partial charge in [-0.2, -0.15) is 0 Å². The number of hydrogen-bond acceptors (Lipinski definition) is 5. The minimum Gasteiger partial charge on any atom is -0.480 e. The van der Waals surface area contributed by atoms with Crippen molar-refractivity contribution in [3.05, 3.63) is 0 Å². The fraction of sp³-hybridized carbons (Fsp3) is 0.926. The predicted molar refractivity (Wildman–Crippen MR) is 128 cm³/mol. The smallest absolute Gasteiger partial charge is 0.328 e. The van der Waals surface area contributed by atoms with E-state index < -0.39 is 18.6 Å². The van der Waals surface area contributed by atoms with Gasteiger partial charge in [0.25, 0.3) is 0 Å². The zero-order valence-corrected chi connectivity index (χ0v) is 21.1. The monoisotopic (exact) mass is 479 g/mol. The van der Waals surface area contributed by atoms with Crippen LogP contribution in [0.3, 0.4) is 0 Å². The van der Waals surface area contributed by atoms with Gasteiger partial charge in [-0.25, -0.2) is 4.79 Å². The second kappa shape index (κ2) is 9.70. The average molecular weight is 480 g/mol. The summed E-state index contributed by atoms with van der Waals surface area (Å²) in [5.41, 5.74) is 0.0722. The molecule has 4 aliphatic carbocycles. The number of aliphatic carboxylic acids is 1. The van der Waals surface area contributed by atoms with Gasteiger partial charge in [-0.3, -0.25) is 4.79 Å². The van der Waals surface area contributed by atoms with Crippen LogP contribution in [0.4, 0.5) is 0 Å². The van der Waals surface area contributed by atoms with Gasteiger partial charge in [0.15, 0.2) is 0 Å². The van der Waals surface area contributed by atoms with Gasteiger partial charge in [0.2, 0.25) is 5.91 Å². The van der Waals surface area contributed by atoms with Crippen molar-refractivity contribution in [3.8, 4) is 0 Å². The Kier molecular flexibility index (Phi) is 7.39. The Balaban J connectivity index is 1.43. The number of rotatable bonds is 7. The SMILES string of the molecule is C[C@H](CCC(=O)N[C@@H](CO)C(=O)O)[C@H]1CC[C@H]2[C@@H]3CC[C@@H]4C[C@H](O)CC[C@]4(C)[C@H]3C[C@H](O)[C@]12C. The third-order valence-corrected chi connectivity index (χ3v) is 11.1. The molecule has 0 spiro atoms. The van der Waals surface area contributed by atoms with Crippen LogP contribution in [0.2, 0.25) is 0 Å². The van der Waals surface area contributed by atoms with Crippen LogP contribution in [0.25, 0.3) is 0 Å². The van der Waals surface area contributed by atoms with Gasteiger partial charge in [-0.15, -0.1) is 0 Å². The lowest BCUT2D eigenvalue weighted by atomic mass is 9.43. The first-order valence-electron chi connectivity index (χ1n) is 13.5. The molecule has 5 N–H and O–H groups in total. The second-order valence-corrected chi connectivity index (χ2v) is 12.5. The topological polar surface area (TPSA) is 127 Å². The van der Waals surface area contributed by atoms with E-state index in [9.17, 15) is 19.8 Å². The maximum absolute atomic E-state index is 12.3. The lowest BCUT2D eigenvalue weighted by Gasteiger charge is -2.62. The number of hydrogen-bond donors (Lipinski definition) is 5. The first kappa shape index (κ1) is 25.9. The molecule has 1 amide bonds. The lowest BCUT2D eigenvalue weighted by molar-refractivity contribution is -0.175. The minimum absolute atomic E-state index is 0.150. The van der Waals surface area contributed by atoms with E-state index in [0.29, 0.717) is 36.0 Å². The van der Waals surface area contributed by atoms with E-state index in [-0.39, 0.29) is 41.3 Å². The second-order valence-electron chi connectivity index (χ2n) is 12.5. The first-order valence-corrected chi connectivity index (χ1v) is 13.5. The predicted octanol–water partition coefficient (Wildman–Crippen LogP) is 2.96. The number of carbonyl (C=O) groups is 2. The summed E-state index contributed by atoms with van der Waals surface area (Å²) in [5, 5.41) is 42.5. The van der Waals surface area contributed by atoms with E-state index >= 15 is 0 Å². The molecule has 11 atom stereocenters. The summed E-state index contributed by atoms with van der Waals surface area (Å²) in [6, 6.07) is -1.26. The van der Waals surface area contributed by atoms with E-state index in [0.717, 1.165) is 38.5 Å². The molecule has 0 aliphatic heterocycles. The number of carboxylic acid groups (broad SMARTS) is 1.